The highest BCUT2D eigenvalue weighted by atomic mass is 15.0. The zero-order chi connectivity index (χ0) is 7.03. The molecule has 10 heavy (non-hydrogen) atoms. The fourth-order valence-corrected chi connectivity index (χ4v) is 2.63. The van der Waals surface area contributed by atoms with E-state index in [0.717, 1.165) is 5.92 Å². The van der Waals surface area contributed by atoms with E-state index in [2.05, 4.69) is 12.2 Å². The molecule has 2 fully saturated rings. The van der Waals surface area contributed by atoms with Crippen molar-refractivity contribution in [3.63, 3.8) is 0 Å². The van der Waals surface area contributed by atoms with Crippen LogP contribution in [0.15, 0.2) is 0 Å². The van der Waals surface area contributed by atoms with Crippen molar-refractivity contribution >= 4 is 0 Å². The first kappa shape index (κ1) is 6.66. The minimum absolute atomic E-state index is 0.586. The molecule has 2 bridgehead atoms. The summed E-state index contributed by atoms with van der Waals surface area (Å²) in [4.78, 5) is 0. The Bertz CT molecular complexity index is 129. The summed E-state index contributed by atoms with van der Waals surface area (Å²) in [7, 11) is 0. The smallest absolute Gasteiger partial charge is 0.0181 e. The van der Waals surface area contributed by atoms with Gasteiger partial charge in [-0.1, -0.05) is 6.92 Å². The van der Waals surface area contributed by atoms with Crippen LogP contribution in [0.1, 0.15) is 39.0 Å². The van der Waals surface area contributed by atoms with E-state index >= 15 is 0 Å². The summed E-state index contributed by atoms with van der Waals surface area (Å²) in [6, 6.07) is 0. The second-order valence-electron chi connectivity index (χ2n) is 3.96. The van der Waals surface area contributed by atoms with Crippen molar-refractivity contribution in [1.82, 2.24) is 5.32 Å². The Kier molecular flexibility index (Phi) is 1.48. The number of fused-ring (bicyclic) bond motifs is 2. The van der Waals surface area contributed by atoms with E-state index in [4.69, 9.17) is 0 Å². The molecule has 2 atom stereocenters. The monoisotopic (exact) mass is 139 g/mol. The van der Waals surface area contributed by atoms with Gasteiger partial charge in [-0.05, 0) is 44.6 Å². The van der Waals surface area contributed by atoms with Crippen molar-refractivity contribution in [1.29, 1.82) is 0 Å². The van der Waals surface area contributed by atoms with Crippen molar-refractivity contribution < 1.29 is 0 Å². The third-order valence-electron chi connectivity index (χ3n) is 3.44. The maximum atomic E-state index is 3.67. The quantitative estimate of drug-likeness (QED) is 0.585. The molecule has 2 aliphatic rings. The highest BCUT2D eigenvalue weighted by molar-refractivity contribution is 4.98. The van der Waals surface area contributed by atoms with Crippen LogP contribution in [0.4, 0.5) is 0 Å². The van der Waals surface area contributed by atoms with Crippen molar-refractivity contribution in [2.24, 2.45) is 5.92 Å². The summed E-state index contributed by atoms with van der Waals surface area (Å²) in [5.74, 6) is 1.07. The summed E-state index contributed by atoms with van der Waals surface area (Å²) in [5, 5.41) is 3.67. The standard InChI is InChI=1S/C9H17N/c1-2-9-5-3-8(7-9)4-6-10-9/h8,10H,2-7H2,1H3. The Labute approximate surface area is 63.2 Å². The number of hydrogen-bond acceptors (Lipinski definition) is 1. The van der Waals surface area contributed by atoms with Gasteiger partial charge in [-0.15, -0.1) is 0 Å². The Morgan fingerprint density at radius 1 is 1.50 bits per heavy atom. The first-order valence-corrected chi connectivity index (χ1v) is 4.60. The molecular weight excluding hydrogens is 122 g/mol. The van der Waals surface area contributed by atoms with Crippen LogP contribution in [0.3, 0.4) is 0 Å². The second-order valence-corrected chi connectivity index (χ2v) is 3.96. The molecule has 0 aromatic rings. The van der Waals surface area contributed by atoms with Gasteiger partial charge in [0.2, 0.25) is 0 Å². The Hall–Kier alpha value is -0.0400. The van der Waals surface area contributed by atoms with Gasteiger partial charge in [0.05, 0.1) is 0 Å². The van der Waals surface area contributed by atoms with Crippen LogP contribution >= 0.6 is 0 Å². The predicted octanol–water partition coefficient (Wildman–Crippen LogP) is 1.93. The van der Waals surface area contributed by atoms with Crippen molar-refractivity contribution in [2.75, 3.05) is 6.54 Å². The summed E-state index contributed by atoms with van der Waals surface area (Å²) in [5.41, 5.74) is 0.586. The second kappa shape index (κ2) is 2.23. The maximum Gasteiger partial charge on any atom is 0.0181 e. The first-order valence-electron chi connectivity index (χ1n) is 4.60. The molecular formula is C9H17N. The highest BCUT2D eigenvalue weighted by Crippen LogP contribution is 2.41. The van der Waals surface area contributed by atoms with E-state index in [-0.39, 0.29) is 0 Å². The molecule has 0 aromatic heterocycles. The highest BCUT2D eigenvalue weighted by Gasteiger charge is 2.39. The van der Waals surface area contributed by atoms with Gasteiger partial charge in [-0.25, -0.2) is 0 Å². The molecule has 0 spiro atoms. The van der Waals surface area contributed by atoms with Crippen molar-refractivity contribution in [2.45, 2.75) is 44.6 Å². The Morgan fingerprint density at radius 3 is 3.10 bits per heavy atom. The van der Waals surface area contributed by atoms with Gasteiger partial charge in [-0.3, -0.25) is 0 Å². The molecule has 1 aliphatic heterocycles. The van der Waals surface area contributed by atoms with Gasteiger partial charge in [0.15, 0.2) is 0 Å². The van der Waals surface area contributed by atoms with Crippen LogP contribution in [0.5, 0.6) is 0 Å². The molecule has 1 N–H and O–H groups in total. The molecule has 58 valence electrons. The lowest BCUT2D eigenvalue weighted by atomic mass is 9.88. The van der Waals surface area contributed by atoms with E-state index in [1.165, 1.54) is 38.6 Å². The van der Waals surface area contributed by atoms with Crippen LogP contribution in [0.25, 0.3) is 0 Å². The fraction of sp³-hybridized carbons (Fsp3) is 1.00. The largest absolute Gasteiger partial charge is 0.311 e. The Morgan fingerprint density at radius 2 is 2.40 bits per heavy atom. The van der Waals surface area contributed by atoms with Crippen LogP contribution in [-0.2, 0) is 0 Å². The number of rotatable bonds is 1. The van der Waals surface area contributed by atoms with Crippen molar-refractivity contribution in [3.8, 4) is 0 Å². The zero-order valence-electron chi connectivity index (χ0n) is 6.82. The Balaban J connectivity index is 2.10. The number of piperidine rings is 1. The summed E-state index contributed by atoms with van der Waals surface area (Å²) >= 11 is 0. The van der Waals surface area contributed by atoms with E-state index in [9.17, 15) is 0 Å². The summed E-state index contributed by atoms with van der Waals surface area (Å²) in [6.07, 6.45) is 7.16. The van der Waals surface area contributed by atoms with Crippen LogP contribution in [-0.4, -0.2) is 12.1 Å². The van der Waals surface area contributed by atoms with Gasteiger partial charge >= 0.3 is 0 Å². The normalized spacial score (nSPS) is 45.9. The average molecular weight is 139 g/mol. The molecule has 1 saturated carbocycles. The average Bonchev–Trinajstić information content (AvgIpc) is 2.29. The fourth-order valence-electron chi connectivity index (χ4n) is 2.63. The molecule has 0 amide bonds. The minimum atomic E-state index is 0.586. The molecule has 1 heteroatoms. The van der Waals surface area contributed by atoms with Crippen LogP contribution in [0.2, 0.25) is 0 Å². The van der Waals surface area contributed by atoms with E-state index in [0.29, 0.717) is 5.54 Å². The lowest BCUT2D eigenvalue weighted by Gasteiger charge is -2.33. The van der Waals surface area contributed by atoms with Gasteiger partial charge in [0.1, 0.15) is 0 Å². The van der Waals surface area contributed by atoms with Gasteiger partial charge < -0.3 is 5.32 Å². The molecule has 2 unspecified atom stereocenters. The summed E-state index contributed by atoms with van der Waals surface area (Å²) < 4.78 is 0. The van der Waals surface area contributed by atoms with Crippen molar-refractivity contribution in [3.05, 3.63) is 0 Å². The SMILES string of the molecule is CCC12CCC(CCN1)C2. The molecule has 0 radical (unpaired) electrons. The maximum absolute atomic E-state index is 3.67. The van der Waals surface area contributed by atoms with Crippen LogP contribution < -0.4 is 5.32 Å². The van der Waals surface area contributed by atoms with Crippen LogP contribution in [0, 0.1) is 5.92 Å². The summed E-state index contributed by atoms with van der Waals surface area (Å²) in [6.45, 7) is 3.60. The molecule has 1 heterocycles. The first-order chi connectivity index (χ1) is 4.85. The molecule has 1 aliphatic carbocycles. The predicted molar refractivity (Wildman–Crippen MR) is 43.0 cm³/mol. The third kappa shape index (κ3) is 0.878. The molecule has 1 saturated heterocycles. The lowest BCUT2D eigenvalue weighted by molar-refractivity contribution is 0.262. The molecule has 0 aromatic carbocycles. The van der Waals surface area contributed by atoms with Gasteiger partial charge in [-0.2, -0.15) is 0 Å². The van der Waals surface area contributed by atoms with E-state index in [1.807, 2.05) is 0 Å². The molecule has 1 nitrogen and oxygen atoms in total. The van der Waals surface area contributed by atoms with Gasteiger partial charge in [0, 0.05) is 5.54 Å². The minimum Gasteiger partial charge on any atom is -0.311 e. The topological polar surface area (TPSA) is 12.0 Å². The lowest BCUT2D eigenvalue weighted by Crippen LogP contribution is -2.45. The molecule has 2 rings (SSSR count). The van der Waals surface area contributed by atoms with E-state index < -0.39 is 0 Å². The van der Waals surface area contributed by atoms with E-state index in [1.54, 1.807) is 0 Å². The number of nitrogens with one attached hydrogen (secondary N) is 1. The zero-order valence-corrected chi connectivity index (χ0v) is 6.82. The number of hydrogen-bond donors (Lipinski definition) is 1. The third-order valence-corrected chi connectivity index (χ3v) is 3.44. The van der Waals surface area contributed by atoms with Gasteiger partial charge in [0.25, 0.3) is 0 Å².